The Balaban J connectivity index is 1.93. The molecule has 0 radical (unpaired) electrons. The zero-order valence-electron chi connectivity index (χ0n) is 30.8. The summed E-state index contributed by atoms with van der Waals surface area (Å²) in [5, 5.41) is 2.45. The van der Waals surface area contributed by atoms with Crippen LogP contribution in [0, 0.1) is 0 Å². The monoisotopic (exact) mass is 600 g/mol. The minimum Gasteiger partial charge on any atom is -0.456 e. The predicted octanol–water partition coefficient (Wildman–Crippen LogP) is 13.4. The summed E-state index contributed by atoms with van der Waals surface area (Å²) in [6.45, 7) is 34.8. The molecule has 0 unspecified atom stereocenters. The van der Waals surface area contributed by atoms with E-state index in [1.807, 2.05) is 0 Å². The fourth-order valence-electron chi connectivity index (χ4n) is 6.47. The summed E-state index contributed by atoms with van der Waals surface area (Å²) in [4.78, 5) is 0. The van der Waals surface area contributed by atoms with Crippen molar-refractivity contribution >= 4 is 21.9 Å². The van der Waals surface area contributed by atoms with Gasteiger partial charge in [-0.15, -0.1) is 0 Å². The molecule has 0 aliphatic rings. The van der Waals surface area contributed by atoms with Crippen molar-refractivity contribution in [3.05, 3.63) is 94.5 Å². The van der Waals surface area contributed by atoms with Crippen LogP contribution in [0.2, 0.25) is 0 Å². The number of fused-ring (bicyclic) bond motifs is 3. The first-order valence-electron chi connectivity index (χ1n) is 16.8. The molecule has 45 heavy (non-hydrogen) atoms. The third-order valence-corrected chi connectivity index (χ3v) is 9.37. The van der Waals surface area contributed by atoms with Crippen molar-refractivity contribution in [3.8, 4) is 22.3 Å². The Hall–Kier alpha value is -3.32. The van der Waals surface area contributed by atoms with Crippen molar-refractivity contribution in [2.75, 3.05) is 0 Å². The molecule has 5 aromatic rings. The van der Waals surface area contributed by atoms with E-state index in [0.29, 0.717) is 0 Å². The second-order valence-corrected chi connectivity index (χ2v) is 18.5. The zero-order valence-corrected chi connectivity index (χ0v) is 30.8. The largest absolute Gasteiger partial charge is 0.456 e. The van der Waals surface area contributed by atoms with E-state index in [9.17, 15) is 0 Å². The predicted molar refractivity (Wildman–Crippen MR) is 198 cm³/mol. The van der Waals surface area contributed by atoms with Crippen LogP contribution in [-0.4, -0.2) is 0 Å². The second-order valence-electron chi connectivity index (χ2n) is 18.5. The van der Waals surface area contributed by atoms with Crippen LogP contribution in [0.1, 0.15) is 132 Å². The molecule has 0 saturated heterocycles. The average Bonchev–Trinajstić information content (AvgIpc) is 3.28. The number of rotatable bonds is 2. The van der Waals surface area contributed by atoms with Gasteiger partial charge in [-0.05, 0) is 89.3 Å². The highest BCUT2D eigenvalue weighted by Crippen LogP contribution is 2.47. The highest BCUT2D eigenvalue weighted by atomic mass is 16.3. The van der Waals surface area contributed by atoms with Gasteiger partial charge >= 0.3 is 0 Å². The van der Waals surface area contributed by atoms with E-state index in [2.05, 4.69) is 171 Å². The van der Waals surface area contributed by atoms with Gasteiger partial charge in [0, 0.05) is 10.8 Å². The molecule has 1 heterocycles. The molecule has 0 fully saturated rings. The Bertz CT molecular complexity index is 1830. The fourth-order valence-corrected chi connectivity index (χ4v) is 6.47. The maximum absolute atomic E-state index is 6.69. The first-order valence-corrected chi connectivity index (χ1v) is 16.8. The highest BCUT2D eigenvalue weighted by Gasteiger charge is 2.29. The summed E-state index contributed by atoms with van der Waals surface area (Å²) in [5.74, 6) is 0. The molecule has 0 aliphatic carbocycles. The topological polar surface area (TPSA) is 13.1 Å². The summed E-state index contributed by atoms with van der Waals surface area (Å²) in [5.41, 5.74) is 13.8. The van der Waals surface area contributed by atoms with Crippen molar-refractivity contribution < 1.29 is 4.42 Å². The van der Waals surface area contributed by atoms with Gasteiger partial charge in [0.25, 0.3) is 0 Å². The van der Waals surface area contributed by atoms with Crippen LogP contribution in [0.5, 0.6) is 0 Å². The van der Waals surface area contributed by atoms with Gasteiger partial charge in [0.15, 0.2) is 0 Å². The number of benzene rings is 4. The molecule has 0 spiro atoms. The molecule has 1 heteroatoms. The standard InChI is InChI=1S/C44H56O/c1-40(2,3)29-21-27(22-30(25-29)41(4,5)6)33-17-16-18-35-37(33)38-36(45-35)20-19-34(39(38)44(13,14)15)28-23-31(42(7,8)9)26-32(24-28)43(10,11)12/h16-26H,1-15H3. The van der Waals surface area contributed by atoms with Crippen LogP contribution in [0.3, 0.4) is 0 Å². The number of hydrogen-bond donors (Lipinski definition) is 0. The molecule has 0 bridgehead atoms. The summed E-state index contributed by atoms with van der Waals surface area (Å²) >= 11 is 0. The second kappa shape index (κ2) is 10.6. The molecule has 0 amide bonds. The van der Waals surface area contributed by atoms with Crippen molar-refractivity contribution in [1.82, 2.24) is 0 Å². The zero-order chi connectivity index (χ0) is 33.5. The first-order chi connectivity index (χ1) is 20.5. The number of furan rings is 1. The fraction of sp³-hybridized carbons (Fsp3) is 0.455. The molecular formula is C44H56O. The van der Waals surface area contributed by atoms with Gasteiger partial charge in [0.1, 0.15) is 11.2 Å². The number of hydrogen-bond acceptors (Lipinski definition) is 1. The normalized spacial score (nSPS) is 13.7. The molecule has 238 valence electrons. The summed E-state index contributed by atoms with van der Waals surface area (Å²) in [6.07, 6.45) is 0. The highest BCUT2D eigenvalue weighted by molar-refractivity contribution is 6.15. The Morgan fingerprint density at radius 3 is 1.18 bits per heavy atom. The third-order valence-electron chi connectivity index (χ3n) is 9.37. The maximum atomic E-state index is 6.69. The Kier molecular flexibility index (Phi) is 7.80. The van der Waals surface area contributed by atoms with E-state index >= 15 is 0 Å². The van der Waals surface area contributed by atoms with Crippen LogP contribution in [0.4, 0.5) is 0 Å². The average molecular weight is 601 g/mol. The molecule has 0 saturated carbocycles. The van der Waals surface area contributed by atoms with Gasteiger partial charge in [-0.25, -0.2) is 0 Å². The molecule has 1 aromatic heterocycles. The van der Waals surface area contributed by atoms with Crippen molar-refractivity contribution in [3.63, 3.8) is 0 Å². The molecule has 1 nitrogen and oxygen atoms in total. The van der Waals surface area contributed by atoms with Crippen LogP contribution in [0.25, 0.3) is 44.2 Å². The van der Waals surface area contributed by atoms with E-state index in [0.717, 1.165) is 11.2 Å². The van der Waals surface area contributed by atoms with Gasteiger partial charge in [0.05, 0.1) is 0 Å². The minimum absolute atomic E-state index is 0.0366. The summed E-state index contributed by atoms with van der Waals surface area (Å²) in [6, 6.07) is 25.6. The van der Waals surface area contributed by atoms with Gasteiger partial charge < -0.3 is 4.42 Å². The lowest BCUT2D eigenvalue weighted by molar-refractivity contribution is 0.568. The van der Waals surface area contributed by atoms with E-state index in [1.165, 1.54) is 60.8 Å². The van der Waals surface area contributed by atoms with Gasteiger partial charge in [-0.3, -0.25) is 0 Å². The molecule has 0 atom stereocenters. The quantitative estimate of drug-likeness (QED) is 0.196. The van der Waals surface area contributed by atoms with E-state index < -0.39 is 0 Å². The van der Waals surface area contributed by atoms with Gasteiger partial charge in [0.2, 0.25) is 0 Å². The molecular weight excluding hydrogens is 544 g/mol. The van der Waals surface area contributed by atoms with E-state index in [1.54, 1.807) is 0 Å². The SMILES string of the molecule is CC(C)(C)c1cc(-c2ccc3oc4cccc(-c5cc(C(C)(C)C)cc(C(C)(C)C)c5)c4c3c2C(C)(C)C)cc(C(C)(C)C)c1. The molecule has 0 N–H and O–H groups in total. The maximum Gasteiger partial charge on any atom is 0.136 e. The third kappa shape index (κ3) is 6.38. The van der Waals surface area contributed by atoms with E-state index in [4.69, 9.17) is 4.42 Å². The summed E-state index contributed by atoms with van der Waals surface area (Å²) < 4.78 is 6.69. The van der Waals surface area contributed by atoms with E-state index in [-0.39, 0.29) is 27.1 Å². The summed E-state index contributed by atoms with van der Waals surface area (Å²) in [7, 11) is 0. The lowest BCUT2D eigenvalue weighted by atomic mass is 9.75. The van der Waals surface area contributed by atoms with Crippen molar-refractivity contribution in [1.29, 1.82) is 0 Å². The van der Waals surface area contributed by atoms with Crippen molar-refractivity contribution in [2.45, 2.75) is 131 Å². The van der Waals surface area contributed by atoms with Gasteiger partial charge in [-0.1, -0.05) is 158 Å². The van der Waals surface area contributed by atoms with Crippen molar-refractivity contribution in [2.24, 2.45) is 0 Å². The Morgan fingerprint density at radius 2 is 0.778 bits per heavy atom. The lowest BCUT2D eigenvalue weighted by Crippen LogP contribution is -2.17. The lowest BCUT2D eigenvalue weighted by Gasteiger charge is -2.29. The first kappa shape index (κ1) is 33.1. The Morgan fingerprint density at radius 1 is 0.378 bits per heavy atom. The molecule has 5 rings (SSSR count). The van der Waals surface area contributed by atoms with Gasteiger partial charge in [-0.2, -0.15) is 0 Å². The van der Waals surface area contributed by atoms with Crippen LogP contribution in [0.15, 0.2) is 71.1 Å². The minimum atomic E-state index is -0.123. The van der Waals surface area contributed by atoms with Crippen LogP contribution >= 0.6 is 0 Å². The smallest absolute Gasteiger partial charge is 0.136 e. The molecule has 0 aliphatic heterocycles. The van der Waals surface area contributed by atoms with Crippen LogP contribution in [-0.2, 0) is 27.1 Å². The molecule has 4 aromatic carbocycles. The van der Waals surface area contributed by atoms with Crippen LogP contribution < -0.4 is 0 Å². The Labute approximate surface area is 273 Å².